The van der Waals surface area contributed by atoms with E-state index in [4.69, 9.17) is 13.9 Å². The van der Waals surface area contributed by atoms with Gasteiger partial charge in [0, 0.05) is 23.2 Å². The Hall–Kier alpha value is -3.07. The number of rotatable bonds is 4. The summed E-state index contributed by atoms with van der Waals surface area (Å²) in [4.78, 5) is 31.6. The minimum atomic E-state index is -0.530. The van der Waals surface area contributed by atoms with Crippen molar-refractivity contribution in [2.45, 2.75) is 19.9 Å². The molecular weight excluding hydrogens is 382 g/mol. The van der Waals surface area contributed by atoms with E-state index < -0.39 is 6.09 Å². The van der Waals surface area contributed by atoms with Gasteiger partial charge in [0.1, 0.15) is 0 Å². The number of benzene rings is 1. The molecule has 3 heterocycles. The molecular formula is C19H19N3O5S. The summed E-state index contributed by atoms with van der Waals surface area (Å²) in [7, 11) is 1.57. The summed E-state index contributed by atoms with van der Waals surface area (Å²) >= 11 is 1.35. The third-order valence-corrected chi connectivity index (χ3v) is 5.44. The Morgan fingerprint density at radius 2 is 2.25 bits per heavy atom. The third kappa shape index (κ3) is 3.40. The van der Waals surface area contributed by atoms with Crippen LogP contribution in [0.2, 0.25) is 0 Å². The topological polar surface area (TPSA) is 93.9 Å². The van der Waals surface area contributed by atoms with Gasteiger partial charge < -0.3 is 18.8 Å². The monoisotopic (exact) mass is 401 g/mol. The SMILES string of the molecule is CCOC(=O)Nc1nc2c(s1)CN(C(=O)c1cc3cccc(OC)c3o1)CC2. The largest absolute Gasteiger partial charge is 0.493 e. The van der Waals surface area contributed by atoms with E-state index in [1.54, 1.807) is 31.1 Å². The molecule has 28 heavy (non-hydrogen) atoms. The number of methoxy groups -OCH3 is 1. The molecule has 1 N–H and O–H groups in total. The van der Waals surface area contributed by atoms with Crippen LogP contribution in [0.25, 0.3) is 11.0 Å². The number of amides is 2. The van der Waals surface area contributed by atoms with Crippen LogP contribution in [0, 0.1) is 0 Å². The average molecular weight is 401 g/mol. The summed E-state index contributed by atoms with van der Waals surface area (Å²) in [6.07, 6.45) is 0.0868. The number of carbonyl (C=O) groups excluding carboxylic acids is 2. The molecule has 4 rings (SSSR count). The van der Waals surface area contributed by atoms with Gasteiger partial charge in [-0.3, -0.25) is 10.1 Å². The van der Waals surface area contributed by atoms with Crippen molar-refractivity contribution in [1.29, 1.82) is 0 Å². The van der Waals surface area contributed by atoms with Crippen LogP contribution in [-0.2, 0) is 17.7 Å². The summed E-state index contributed by atoms with van der Waals surface area (Å²) in [5, 5.41) is 3.91. The number of furan rings is 1. The Bertz CT molecular complexity index is 1040. The van der Waals surface area contributed by atoms with Gasteiger partial charge in [-0.2, -0.15) is 0 Å². The first-order valence-electron chi connectivity index (χ1n) is 8.87. The van der Waals surface area contributed by atoms with Crippen molar-refractivity contribution in [2.75, 3.05) is 25.6 Å². The molecule has 0 spiro atoms. The van der Waals surface area contributed by atoms with Crippen LogP contribution < -0.4 is 10.1 Å². The Kier molecular flexibility index (Phi) is 4.91. The van der Waals surface area contributed by atoms with E-state index in [9.17, 15) is 9.59 Å². The molecule has 8 nitrogen and oxygen atoms in total. The van der Waals surface area contributed by atoms with Crippen molar-refractivity contribution in [2.24, 2.45) is 0 Å². The standard InChI is InChI=1S/C19H19N3O5S/c1-3-26-19(24)21-18-20-12-7-8-22(10-15(12)28-18)17(23)14-9-11-5-4-6-13(25-2)16(11)27-14/h4-6,9H,3,7-8,10H2,1-2H3,(H,20,21,24). The zero-order valence-corrected chi connectivity index (χ0v) is 16.3. The second-order valence-corrected chi connectivity index (χ2v) is 7.28. The Balaban J connectivity index is 1.52. The van der Waals surface area contributed by atoms with Gasteiger partial charge in [-0.05, 0) is 19.1 Å². The second-order valence-electron chi connectivity index (χ2n) is 6.20. The lowest BCUT2D eigenvalue weighted by molar-refractivity contribution is 0.0706. The minimum Gasteiger partial charge on any atom is -0.493 e. The normalized spacial score (nSPS) is 13.3. The van der Waals surface area contributed by atoms with Crippen molar-refractivity contribution < 1.29 is 23.5 Å². The van der Waals surface area contributed by atoms with E-state index in [1.165, 1.54) is 11.3 Å². The molecule has 0 bridgehead atoms. The molecule has 3 aromatic rings. The minimum absolute atomic E-state index is 0.183. The summed E-state index contributed by atoms with van der Waals surface area (Å²) in [5.74, 6) is 0.684. The predicted molar refractivity (Wildman–Crippen MR) is 104 cm³/mol. The van der Waals surface area contributed by atoms with Crippen LogP contribution in [0.1, 0.15) is 28.0 Å². The molecule has 0 atom stereocenters. The molecule has 2 aromatic heterocycles. The van der Waals surface area contributed by atoms with Crippen LogP contribution in [-0.4, -0.2) is 42.1 Å². The number of para-hydroxylation sites is 1. The number of anilines is 1. The molecule has 0 aliphatic carbocycles. The first-order chi connectivity index (χ1) is 13.6. The van der Waals surface area contributed by atoms with E-state index in [1.807, 2.05) is 12.1 Å². The highest BCUT2D eigenvalue weighted by molar-refractivity contribution is 7.15. The van der Waals surface area contributed by atoms with E-state index in [0.717, 1.165) is 16.0 Å². The number of ether oxygens (including phenoxy) is 2. The van der Waals surface area contributed by atoms with E-state index in [-0.39, 0.29) is 11.7 Å². The molecule has 0 unspecified atom stereocenters. The van der Waals surface area contributed by atoms with Gasteiger partial charge in [0.25, 0.3) is 5.91 Å². The number of nitrogens with zero attached hydrogens (tertiary/aromatic N) is 2. The first-order valence-corrected chi connectivity index (χ1v) is 9.69. The van der Waals surface area contributed by atoms with Gasteiger partial charge in [-0.1, -0.05) is 23.5 Å². The fourth-order valence-electron chi connectivity index (χ4n) is 3.14. The summed E-state index contributed by atoms with van der Waals surface area (Å²) < 4.78 is 15.9. The van der Waals surface area contributed by atoms with Gasteiger partial charge in [0.2, 0.25) is 0 Å². The molecule has 146 valence electrons. The van der Waals surface area contributed by atoms with Crippen LogP contribution in [0.15, 0.2) is 28.7 Å². The molecule has 0 fully saturated rings. The van der Waals surface area contributed by atoms with Gasteiger partial charge in [-0.15, -0.1) is 0 Å². The maximum atomic E-state index is 12.9. The number of thiazole rings is 1. The fourth-order valence-corrected chi connectivity index (χ4v) is 4.14. The molecule has 1 aliphatic rings. The number of hydrogen-bond acceptors (Lipinski definition) is 7. The highest BCUT2D eigenvalue weighted by atomic mass is 32.1. The Morgan fingerprint density at radius 1 is 1.39 bits per heavy atom. The molecule has 0 saturated heterocycles. The van der Waals surface area contributed by atoms with Crippen molar-refractivity contribution in [3.8, 4) is 5.75 Å². The summed E-state index contributed by atoms with van der Waals surface area (Å²) in [6.45, 7) is 2.98. The predicted octanol–water partition coefficient (Wildman–Crippen LogP) is 3.66. The lowest BCUT2D eigenvalue weighted by atomic mass is 10.1. The number of hydrogen-bond donors (Lipinski definition) is 1. The van der Waals surface area contributed by atoms with Gasteiger partial charge in [-0.25, -0.2) is 9.78 Å². The highest BCUT2D eigenvalue weighted by Crippen LogP contribution is 2.32. The molecule has 0 saturated carbocycles. The van der Waals surface area contributed by atoms with E-state index in [0.29, 0.717) is 42.6 Å². The number of carbonyl (C=O) groups is 2. The zero-order chi connectivity index (χ0) is 19.7. The molecule has 2 amide bonds. The molecule has 9 heteroatoms. The fraction of sp³-hybridized carbons (Fsp3) is 0.316. The molecule has 1 aromatic carbocycles. The van der Waals surface area contributed by atoms with Gasteiger partial charge >= 0.3 is 6.09 Å². The number of fused-ring (bicyclic) bond motifs is 2. The van der Waals surface area contributed by atoms with Crippen molar-refractivity contribution in [1.82, 2.24) is 9.88 Å². The summed E-state index contributed by atoms with van der Waals surface area (Å²) in [5.41, 5.74) is 1.46. The average Bonchev–Trinajstić information content (AvgIpc) is 3.29. The van der Waals surface area contributed by atoms with Gasteiger partial charge in [0.05, 0.1) is 26.0 Å². The zero-order valence-electron chi connectivity index (χ0n) is 15.5. The summed E-state index contributed by atoms with van der Waals surface area (Å²) in [6, 6.07) is 7.26. The van der Waals surface area contributed by atoms with Crippen molar-refractivity contribution in [3.05, 3.63) is 40.6 Å². The first kappa shape index (κ1) is 18.3. The lowest BCUT2D eigenvalue weighted by Crippen LogP contribution is -2.35. The van der Waals surface area contributed by atoms with E-state index in [2.05, 4.69) is 10.3 Å². The Labute approximate surface area is 165 Å². The Morgan fingerprint density at radius 3 is 3.04 bits per heavy atom. The van der Waals surface area contributed by atoms with Crippen molar-refractivity contribution >= 4 is 39.4 Å². The van der Waals surface area contributed by atoms with Crippen LogP contribution in [0.3, 0.4) is 0 Å². The second kappa shape index (κ2) is 7.51. The maximum absolute atomic E-state index is 12.9. The number of aromatic nitrogens is 1. The van der Waals surface area contributed by atoms with E-state index >= 15 is 0 Å². The maximum Gasteiger partial charge on any atom is 0.413 e. The quantitative estimate of drug-likeness (QED) is 0.717. The smallest absolute Gasteiger partial charge is 0.413 e. The van der Waals surface area contributed by atoms with Crippen LogP contribution in [0.5, 0.6) is 5.75 Å². The van der Waals surface area contributed by atoms with Gasteiger partial charge in [0.15, 0.2) is 22.2 Å². The lowest BCUT2D eigenvalue weighted by Gasteiger charge is -2.25. The third-order valence-electron chi connectivity index (χ3n) is 4.44. The number of nitrogens with one attached hydrogen (secondary N) is 1. The molecule has 1 aliphatic heterocycles. The van der Waals surface area contributed by atoms with Crippen LogP contribution >= 0.6 is 11.3 Å². The van der Waals surface area contributed by atoms with Crippen molar-refractivity contribution in [3.63, 3.8) is 0 Å². The molecule has 0 radical (unpaired) electrons. The highest BCUT2D eigenvalue weighted by Gasteiger charge is 2.27. The van der Waals surface area contributed by atoms with Crippen LogP contribution in [0.4, 0.5) is 9.93 Å².